The van der Waals surface area contributed by atoms with Crippen molar-refractivity contribution in [1.29, 1.82) is 0 Å². The molecule has 0 atom stereocenters. The number of hydrogen-bond donors (Lipinski definition) is 3. The van der Waals surface area contributed by atoms with E-state index < -0.39 is 0 Å². The minimum absolute atomic E-state index is 0.117. The van der Waals surface area contributed by atoms with Crippen LogP contribution in [0.3, 0.4) is 0 Å². The molecule has 0 heterocycles. The van der Waals surface area contributed by atoms with E-state index in [1.54, 1.807) is 0 Å². The number of amides is 2. The van der Waals surface area contributed by atoms with E-state index in [0.717, 1.165) is 19.3 Å². The number of carbonyl (C=O) groups excluding carboxylic acids is 1. The highest BCUT2D eigenvalue weighted by molar-refractivity contribution is 5.74. The van der Waals surface area contributed by atoms with Crippen molar-refractivity contribution in [2.75, 3.05) is 6.54 Å². The van der Waals surface area contributed by atoms with Gasteiger partial charge in [0.15, 0.2) is 0 Å². The van der Waals surface area contributed by atoms with Crippen LogP contribution >= 0.6 is 0 Å². The number of nitrogens with one attached hydrogen (secondary N) is 2. The second-order valence-electron chi connectivity index (χ2n) is 4.91. The van der Waals surface area contributed by atoms with Crippen LogP contribution < -0.4 is 16.4 Å². The number of carbonyl (C=O) groups is 1. The highest BCUT2D eigenvalue weighted by atomic mass is 16.2. The quantitative estimate of drug-likeness (QED) is 0.631. The molecule has 0 aromatic rings. The van der Waals surface area contributed by atoms with Crippen LogP contribution in [0.5, 0.6) is 0 Å². The van der Waals surface area contributed by atoms with E-state index in [1.807, 2.05) is 20.8 Å². The van der Waals surface area contributed by atoms with Gasteiger partial charge in [-0.2, -0.15) is 0 Å². The van der Waals surface area contributed by atoms with Gasteiger partial charge >= 0.3 is 6.03 Å². The predicted octanol–water partition coefficient (Wildman–Crippen LogP) is 0.965. The van der Waals surface area contributed by atoms with E-state index in [0.29, 0.717) is 6.54 Å². The van der Waals surface area contributed by atoms with Crippen LogP contribution in [0.4, 0.5) is 4.79 Å². The second-order valence-corrected chi connectivity index (χ2v) is 4.91. The summed E-state index contributed by atoms with van der Waals surface area (Å²) >= 11 is 0. The SMILES string of the molecule is CCC(C)(C)NC(=O)NCC1(N)CC1. The van der Waals surface area contributed by atoms with Crippen LogP contribution in [0, 0.1) is 0 Å². The summed E-state index contributed by atoms with van der Waals surface area (Å²) in [5.74, 6) is 0. The molecule has 2 amide bonds. The Labute approximate surface area is 85.6 Å². The molecule has 0 bridgehead atoms. The van der Waals surface area contributed by atoms with Crippen LogP contribution in [0.25, 0.3) is 0 Å². The maximum atomic E-state index is 11.4. The monoisotopic (exact) mass is 199 g/mol. The average molecular weight is 199 g/mol. The molecule has 0 saturated heterocycles. The summed E-state index contributed by atoms with van der Waals surface area (Å²) in [6, 6.07) is -0.117. The fourth-order valence-corrected chi connectivity index (χ4v) is 1.03. The van der Waals surface area contributed by atoms with Gasteiger partial charge in [0.2, 0.25) is 0 Å². The molecule has 0 aromatic heterocycles. The summed E-state index contributed by atoms with van der Waals surface area (Å²) in [6.07, 6.45) is 2.95. The molecule has 0 spiro atoms. The topological polar surface area (TPSA) is 67.2 Å². The van der Waals surface area contributed by atoms with E-state index >= 15 is 0 Å². The summed E-state index contributed by atoms with van der Waals surface area (Å²) in [6.45, 7) is 6.63. The standard InChI is InChI=1S/C10H21N3O/c1-4-9(2,3)13-8(14)12-7-10(11)5-6-10/h4-7,11H2,1-3H3,(H2,12,13,14). The second kappa shape index (κ2) is 3.77. The summed E-state index contributed by atoms with van der Waals surface area (Å²) in [4.78, 5) is 11.4. The Kier molecular flexibility index (Phi) is 3.04. The Morgan fingerprint density at radius 1 is 1.50 bits per heavy atom. The Morgan fingerprint density at radius 2 is 2.07 bits per heavy atom. The largest absolute Gasteiger partial charge is 0.336 e. The molecule has 0 aromatic carbocycles. The molecule has 1 saturated carbocycles. The normalized spacial score (nSPS) is 18.9. The first-order chi connectivity index (χ1) is 6.37. The van der Waals surface area contributed by atoms with Gasteiger partial charge in [-0.25, -0.2) is 4.79 Å². The molecule has 1 aliphatic carbocycles. The van der Waals surface area contributed by atoms with Gasteiger partial charge < -0.3 is 16.4 Å². The maximum Gasteiger partial charge on any atom is 0.315 e. The molecule has 0 radical (unpaired) electrons. The van der Waals surface area contributed by atoms with Crippen molar-refractivity contribution in [3.8, 4) is 0 Å². The molecule has 4 heteroatoms. The summed E-state index contributed by atoms with van der Waals surface area (Å²) < 4.78 is 0. The van der Waals surface area contributed by atoms with Gasteiger partial charge in [-0.1, -0.05) is 6.92 Å². The van der Waals surface area contributed by atoms with Gasteiger partial charge in [0, 0.05) is 17.6 Å². The molecule has 82 valence electrons. The molecule has 4 nitrogen and oxygen atoms in total. The molecule has 14 heavy (non-hydrogen) atoms. The van der Waals surface area contributed by atoms with Gasteiger partial charge in [-0.05, 0) is 33.1 Å². The molecule has 0 unspecified atom stereocenters. The summed E-state index contributed by atoms with van der Waals surface area (Å²) in [5, 5.41) is 5.70. The third-order valence-electron chi connectivity index (χ3n) is 2.83. The summed E-state index contributed by atoms with van der Waals surface area (Å²) in [7, 11) is 0. The molecular weight excluding hydrogens is 178 g/mol. The minimum atomic E-state index is -0.143. The number of nitrogens with two attached hydrogens (primary N) is 1. The van der Waals surface area contributed by atoms with E-state index in [1.165, 1.54) is 0 Å². The van der Waals surface area contributed by atoms with Crippen LogP contribution in [0.1, 0.15) is 40.0 Å². The third-order valence-corrected chi connectivity index (χ3v) is 2.83. The highest BCUT2D eigenvalue weighted by Gasteiger charge is 2.38. The molecular formula is C10H21N3O. The van der Waals surface area contributed by atoms with Crippen LogP contribution in [0.15, 0.2) is 0 Å². The van der Waals surface area contributed by atoms with Gasteiger partial charge in [-0.15, -0.1) is 0 Å². The number of rotatable bonds is 4. The predicted molar refractivity (Wildman–Crippen MR) is 57.1 cm³/mol. The summed E-state index contributed by atoms with van der Waals surface area (Å²) in [5.41, 5.74) is 5.59. The van der Waals surface area contributed by atoms with Crippen molar-refractivity contribution >= 4 is 6.03 Å². The number of hydrogen-bond acceptors (Lipinski definition) is 2. The van der Waals surface area contributed by atoms with Crippen LogP contribution in [-0.4, -0.2) is 23.7 Å². The van der Waals surface area contributed by atoms with Crippen molar-refractivity contribution in [3.63, 3.8) is 0 Å². The fourth-order valence-electron chi connectivity index (χ4n) is 1.03. The first-order valence-electron chi connectivity index (χ1n) is 5.22. The number of urea groups is 1. The Balaban J connectivity index is 2.22. The van der Waals surface area contributed by atoms with Crippen molar-refractivity contribution in [1.82, 2.24) is 10.6 Å². The molecule has 1 fully saturated rings. The third kappa shape index (κ3) is 3.54. The highest BCUT2D eigenvalue weighted by Crippen LogP contribution is 2.30. The van der Waals surface area contributed by atoms with Crippen LogP contribution in [0.2, 0.25) is 0 Å². The maximum absolute atomic E-state index is 11.4. The zero-order valence-corrected chi connectivity index (χ0v) is 9.31. The molecule has 4 N–H and O–H groups in total. The zero-order valence-electron chi connectivity index (χ0n) is 9.31. The Hall–Kier alpha value is -0.770. The lowest BCUT2D eigenvalue weighted by Gasteiger charge is -2.25. The van der Waals surface area contributed by atoms with E-state index in [2.05, 4.69) is 10.6 Å². The average Bonchev–Trinajstić information content (AvgIpc) is 2.81. The van der Waals surface area contributed by atoms with E-state index in [4.69, 9.17) is 5.73 Å². The zero-order chi connectivity index (χ0) is 10.8. The van der Waals surface area contributed by atoms with E-state index in [9.17, 15) is 4.79 Å². The lowest BCUT2D eigenvalue weighted by atomic mass is 10.0. The van der Waals surface area contributed by atoms with Crippen molar-refractivity contribution in [2.45, 2.75) is 51.1 Å². The Bertz CT molecular complexity index is 221. The lowest BCUT2D eigenvalue weighted by Crippen LogP contribution is -2.50. The smallest absolute Gasteiger partial charge is 0.315 e. The fraction of sp³-hybridized carbons (Fsp3) is 0.900. The molecule has 0 aliphatic heterocycles. The Morgan fingerprint density at radius 3 is 2.50 bits per heavy atom. The van der Waals surface area contributed by atoms with Crippen molar-refractivity contribution < 1.29 is 4.79 Å². The van der Waals surface area contributed by atoms with Crippen molar-refractivity contribution in [2.24, 2.45) is 5.73 Å². The van der Waals surface area contributed by atoms with E-state index in [-0.39, 0.29) is 17.1 Å². The molecule has 1 rings (SSSR count). The van der Waals surface area contributed by atoms with Crippen molar-refractivity contribution in [3.05, 3.63) is 0 Å². The van der Waals surface area contributed by atoms with Gasteiger partial charge in [0.1, 0.15) is 0 Å². The first kappa shape index (κ1) is 11.3. The van der Waals surface area contributed by atoms with Gasteiger partial charge in [0.05, 0.1) is 0 Å². The van der Waals surface area contributed by atoms with Gasteiger partial charge in [-0.3, -0.25) is 0 Å². The lowest BCUT2D eigenvalue weighted by molar-refractivity contribution is 0.228. The molecule has 1 aliphatic rings. The minimum Gasteiger partial charge on any atom is -0.336 e. The van der Waals surface area contributed by atoms with Gasteiger partial charge in [0.25, 0.3) is 0 Å². The first-order valence-corrected chi connectivity index (χ1v) is 5.22. The van der Waals surface area contributed by atoms with Crippen LogP contribution in [-0.2, 0) is 0 Å².